The van der Waals surface area contributed by atoms with E-state index in [-0.39, 0.29) is 6.10 Å². The maximum atomic E-state index is 9.71. The fourth-order valence-corrected chi connectivity index (χ4v) is 3.25. The summed E-state index contributed by atoms with van der Waals surface area (Å²) in [6.45, 7) is 7.90. The Balaban J connectivity index is 1.83. The van der Waals surface area contributed by atoms with Crippen molar-refractivity contribution in [3.05, 3.63) is 0 Å². The third kappa shape index (κ3) is 8.26. The lowest BCUT2D eigenvalue weighted by molar-refractivity contribution is 0.0345. The van der Waals surface area contributed by atoms with Gasteiger partial charge < -0.3 is 10.0 Å². The lowest BCUT2D eigenvalue weighted by Crippen LogP contribution is -2.42. The summed E-state index contributed by atoms with van der Waals surface area (Å²) in [5.41, 5.74) is 0. The molecule has 2 unspecified atom stereocenters. The van der Waals surface area contributed by atoms with Crippen LogP contribution in [-0.2, 0) is 0 Å². The van der Waals surface area contributed by atoms with Crippen molar-refractivity contribution in [1.29, 1.82) is 0 Å². The molecule has 120 valence electrons. The predicted molar refractivity (Wildman–Crippen MR) is 88.1 cm³/mol. The van der Waals surface area contributed by atoms with E-state index in [4.69, 9.17) is 0 Å². The average molecular weight is 284 g/mol. The van der Waals surface area contributed by atoms with Gasteiger partial charge in [-0.1, -0.05) is 71.6 Å². The van der Waals surface area contributed by atoms with E-state index in [2.05, 4.69) is 18.7 Å². The molecule has 1 aliphatic rings. The van der Waals surface area contributed by atoms with Gasteiger partial charge in [0.15, 0.2) is 0 Å². The molecule has 0 aromatic rings. The van der Waals surface area contributed by atoms with Gasteiger partial charge in [-0.25, -0.2) is 0 Å². The molecule has 1 aliphatic heterocycles. The molecule has 0 saturated carbocycles. The van der Waals surface area contributed by atoms with Gasteiger partial charge in [0.25, 0.3) is 0 Å². The Kier molecular flexibility index (Phi) is 10.4. The first-order chi connectivity index (χ1) is 9.74. The number of hydrogen-bond donors (Lipinski definition) is 1. The highest BCUT2D eigenvalue weighted by atomic mass is 16.3. The van der Waals surface area contributed by atoms with E-state index < -0.39 is 0 Å². The van der Waals surface area contributed by atoms with E-state index in [1.54, 1.807) is 0 Å². The van der Waals surface area contributed by atoms with Crippen LogP contribution in [0, 0.1) is 5.92 Å². The fourth-order valence-electron chi connectivity index (χ4n) is 3.25. The summed E-state index contributed by atoms with van der Waals surface area (Å²) in [5.74, 6) is 0.465. The van der Waals surface area contributed by atoms with Gasteiger partial charge >= 0.3 is 0 Å². The molecule has 1 heterocycles. The molecule has 1 N–H and O–H groups in total. The number of hydrogen-bond acceptors (Lipinski definition) is 2. The van der Waals surface area contributed by atoms with Crippen LogP contribution in [0.25, 0.3) is 0 Å². The first kappa shape index (κ1) is 18.0. The molecule has 1 saturated heterocycles. The third-order valence-electron chi connectivity index (χ3n) is 4.77. The van der Waals surface area contributed by atoms with Crippen molar-refractivity contribution in [2.45, 2.75) is 90.6 Å². The van der Waals surface area contributed by atoms with Crippen LogP contribution in [0.4, 0.5) is 0 Å². The summed E-state index contributed by atoms with van der Waals surface area (Å²) >= 11 is 0. The smallest absolute Gasteiger partial charge is 0.0590 e. The van der Waals surface area contributed by atoms with Crippen LogP contribution in [0.5, 0.6) is 0 Å². The standard InChI is InChI=1S/C18H37NO/c1-3-4-5-6-7-8-9-10-11-12-14-19-15-13-18(20)17(2)16-19/h17-18,20H,3-16H2,1-2H3. The van der Waals surface area contributed by atoms with Crippen molar-refractivity contribution in [2.24, 2.45) is 5.92 Å². The van der Waals surface area contributed by atoms with Crippen molar-refractivity contribution in [2.75, 3.05) is 19.6 Å². The van der Waals surface area contributed by atoms with Gasteiger partial charge in [-0.15, -0.1) is 0 Å². The number of rotatable bonds is 11. The fraction of sp³-hybridized carbons (Fsp3) is 1.00. The Bertz CT molecular complexity index is 219. The zero-order chi connectivity index (χ0) is 14.6. The second-order valence-electron chi connectivity index (χ2n) is 6.82. The number of unbranched alkanes of at least 4 members (excludes halogenated alkanes) is 9. The highest BCUT2D eigenvalue weighted by Crippen LogP contribution is 2.17. The molecular weight excluding hydrogens is 246 g/mol. The van der Waals surface area contributed by atoms with Crippen molar-refractivity contribution in [1.82, 2.24) is 4.90 Å². The van der Waals surface area contributed by atoms with E-state index >= 15 is 0 Å². The molecule has 2 heteroatoms. The predicted octanol–water partition coefficient (Wildman–Crippen LogP) is 4.61. The molecular formula is C18H37NO. The number of aliphatic hydroxyl groups excluding tert-OH is 1. The number of piperidine rings is 1. The molecule has 1 fully saturated rings. The summed E-state index contributed by atoms with van der Waals surface area (Å²) in [6.07, 6.45) is 15.0. The number of aliphatic hydroxyl groups is 1. The van der Waals surface area contributed by atoms with Gasteiger partial charge in [0, 0.05) is 13.1 Å². The molecule has 0 amide bonds. The Morgan fingerprint density at radius 2 is 1.45 bits per heavy atom. The van der Waals surface area contributed by atoms with Crippen molar-refractivity contribution >= 4 is 0 Å². The molecule has 0 radical (unpaired) electrons. The molecule has 2 nitrogen and oxygen atoms in total. The first-order valence-electron chi connectivity index (χ1n) is 9.14. The summed E-state index contributed by atoms with van der Waals surface area (Å²) in [6, 6.07) is 0. The maximum Gasteiger partial charge on any atom is 0.0590 e. The van der Waals surface area contributed by atoms with E-state index in [9.17, 15) is 5.11 Å². The SMILES string of the molecule is CCCCCCCCCCCCN1CCC(O)C(C)C1. The number of nitrogens with zero attached hydrogens (tertiary/aromatic N) is 1. The van der Waals surface area contributed by atoms with E-state index in [1.165, 1.54) is 70.8 Å². The molecule has 20 heavy (non-hydrogen) atoms. The monoisotopic (exact) mass is 283 g/mol. The average Bonchev–Trinajstić information content (AvgIpc) is 2.45. The molecule has 0 aromatic carbocycles. The van der Waals surface area contributed by atoms with Gasteiger partial charge in [0.1, 0.15) is 0 Å². The van der Waals surface area contributed by atoms with Crippen molar-refractivity contribution in [3.63, 3.8) is 0 Å². The van der Waals surface area contributed by atoms with Crippen molar-refractivity contribution in [3.8, 4) is 0 Å². The molecule has 1 rings (SSSR count). The summed E-state index contributed by atoms with van der Waals surface area (Å²) < 4.78 is 0. The Morgan fingerprint density at radius 1 is 0.900 bits per heavy atom. The minimum absolute atomic E-state index is 0.0565. The maximum absolute atomic E-state index is 9.71. The van der Waals surface area contributed by atoms with Crippen LogP contribution in [0.3, 0.4) is 0 Å². The Morgan fingerprint density at radius 3 is 2.00 bits per heavy atom. The Hall–Kier alpha value is -0.0800. The summed E-state index contributed by atoms with van der Waals surface area (Å²) in [7, 11) is 0. The minimum Gasteiger partial charge on any atom is -0.393 e. The topological polar surface area (TPSA) is 23.5 Å². The van der Waals surface area contributed by atoms with Crippen LogP contribution in [-0.4, -0.2) is 35.7 Å². The van der Waals surface area contributed by atoms with Gasteiger partial charge in [-0.2, -0.15) is 0 Å². The van der Waals surface area contributed by atoms with Crippen LogP contribution in [0.1, 0.15) is 84.5 Å². The number of likely N-dealkylation sites (tertiary alicyclic amines) is 1. The summed E-state index contributed by atoms with van der Waals surface area (Å²) in [4.78, 5) is 2.54. The van der Waals surface area contributed by atoms with Crippen LogP contribution >= 0.6 is 0 Å². The molecule has 0 spiro atoms. The van der Waals surface area contributed by atoms with Gasteiger partial charge in [-0.3, -0.25) is 0 Å². The van der Waals surface area contributed by atoms with E-state index in [0.29, 0.717) is 5.92 Å². The highest BCUT2D eigenvalue weighted by molar-refractivity contribution is 4.76. The third-order valence-corrected chi connectivity index (χ3v) is 4.77. The zero-order valence-corrected chi connectivity index (χ0v) is 13.9. The zero-order valence-electron chi connectivity index (χ0n) is 13.9. The highest BCUT2D eigenvalue weighted by Gasteiger charge is 2.23. The Labute approximate surface area is 126 Å². The van der Waals surface area contributed by atoms with Gasteiger partial charge in [-0.05, 0) is 25.3 Å². The molecule has 0 aliphatic carbocycles. The van der Waals surface area contributed by atoms with Crippen LogP contribution in [0.2, 0.25) is 0 Å². The van der Waals surface area contributed by atoms with E-state index in [0.717, 1.165) is 19.5 Å². The molecule has 2 atom stereocenters. The quantitative estimate of drug-likeness (QED) is 0.560. The van der Waals surface area contributed by atoms with Gasteiger partial charge in [0.2, 0.25) is 0 Å². The van der Waals surface area contributed by atoms with Crippen LogP contribution < -0.4 is 0 Å². The summed E-state index contributed by atoms with van der Waals surface area (Å²) in [5, 5.41) is 9.71. The van der Waals surface area contributed by atoms with Crippen molar-refractivity contribution < 1.29 is 5.11 Å². The van der Waals surface area contributed by atoms with Crippen LogP contribution in [0.15, 0.2) is 0 Å². The lowest BCUT2D eigenvalue weighted by Gasteiger charge is -2.34. The lowest BCUT2D eigenvalue weighted by atomic mass is 9.96. The second kappa shape index (κ2) is 11.6. The van der Waals surface area contributed by atoms with E-state index in [1.807, 2.05) is 0 Å². The molecule has 0 aromatic heterocycles. The normalized spacial score (nSPS) is 24.1. The second-order valence-corrected chi connectivity index (χ2v) is 6.82. The first-order valence-corrected chi connectivity index (χ1v) is 9.14. The largest absolute Gasteiger partial charge is 0.393 e. The van der Waals surface area contributed by atoms with Gasteiger partial charge in [0.05, 0.1) is 6.10 Å². The minimum atomic E-state index is -0.0565. The molecule has 0 bridgehead atoms.